The molecule has 0 aromatic rings. The highest BCUT2D eigenvalue weighted by molar-refractivity contribution is 5.79. The smallest absolute Gasteiger partial charge is 0.317 e. The van der Waals surface area contributed by atoms with Crippen LogP contribution in [0.15, 0.2) is 0 Å². The summed E-state index contributed by atoms with van der Waals surface area (Å²) in [5.74, 6) is -0.788. The number of urea groups is 1. The lowest BCUT2D eigenvalue weighted by molar-refractivity contribution is -0.152. The molecule has 2 N–H and O–H groups in total. The van der Waals surface area contributed by atoms with Gasteiger partial charge in [-0.3, -0.25) is 4.79 Å². The van der Waals surface area contributed by atoms with Crippen molar-refractivity contribution in [2.45, 2.75) is 63.8 Å². The molecule has 1 saturated heterocycles. The summed E-state index contributed by atoms with van der Waals surface area (Å²) >= 11 is 0. The summed E-state index contributed by atoms with van der Waals surface area (Å²) in [6.07, 6.45) is 8.32. The van der Waals surface area contributed by atoms with Gasteiger partial charge in [-0.25, -0.2) is 4.79 Å². The maximum absolute atomic E-state index is 12.5. The van der Waals surface area contributed by atoms with Gasteiger partial charge in [0.05, 0.1) is 5.41 Å². The summed E-state index contributed by atoms with van der Waals surface area (Å²) in [4.78, 5) is 26.0. The van der Waals surface area contributed by atoms with Crippen molar-refractivity contribution in [2.75, 3.05) is 26.8 Å². The zero-order valence-corrected chi connectivity index (χ0v) is 14.2. The second-order valence-corrected chi connectivity index (χ2v) is 6.99. The highest BCUT2D eigenvalue weighted by atomic mass is 16.5. The Morgan fingerprint density at radius 3 is 2.65 bits per heavy atom. The van der Waals surface area contributed by atoms with E-state index in [2.05, 4.69) is 5.32 Å². The minimum atomic E-state index is -0.819. The third-order valence-electron chi connectivity index (χ3n) is 5.25. The molecule has 2 rings (SSSR count). The lowest BCUT2D eigenvalue weighted by atomic mass is 9.76. The average molecular weight is 326 g/mol. The number of hydrogen-bond donors (Lipinski definition) is 2. The number of methoxy groups -OCH3 is 1. The Hall–Kier alpha value is -1.30. The summed E-state index contributed by atoms with van der Waals surface area (Å²) in [6.45, 7) is 1.52. The number of aliphatic carboxylic acids is 1. The van der Waals surface area contributed by atoms with Crippen molar-refractivity contribution in [3.8, 4) is 0 Å². The van der Waals surface area contributed by atoms with Gasteiger partial charge in [0, 0.05) is 32.8 Å². The van der Waals surface area contributed by atoms with E-state index in [0.29, 0.717) is 39.0 Å². The van der Waals surface area contributed by atoms with Gasteiger partial charge in [0.15, 0.2) is 0 Å². The predicted octanol–water partition coefficient (Wildman–Crippen LogP) is 2.62. The van der Waals surface area contributed by atoms with Crippen LogP contribution in [0.25, 0.3) is 0 Å². The highest BCUT2D eigenvalue weighted by Crippen LogP contribution is 2.35. The topological polar surface area (TPSA) is 78.9 Å². The first-order valence-corrected chi connectivity index (χ1v) is 8.85. The Kier molecular flexibility index (Phi) is 6.69. The summed E-state index contributed by atoms with van der Waals surface area (Å²) in [7, 11) is 1.62. The molecular formula is C17H30N2O4. The number of carbonyl (C=O) groups is 2. The Morgan fingerprint density at radius 2 is 2.00 bits per heavy atom. The molecule has 0 aromatic heterocycles. The zero-order chi connectivity index (χ0) is 16.7. The fraction of sp³-hybridized carbons (Fsp3) is 0.882. The summed E-state index contributed by atoms with van der Waals surface area (Å²) < 4.78 is 5.05. The molecule has 0 unspecified atom stereocenters. The number of hydrogen-bond acceptors (Lipinski definition) is 3. The molecule has 1 saturated carbocycles. The van der Waals surface area contributed by atoms with Crippen molar-refractivity contribution in [1.82, 2.24) is 10.2 Å². The molecule has 132 valence electrons. The lowest BCUT2D eigenvalue weighted by Gasteiger charge is -2.40. The van der Waals surface area contributed by atoms with Gasteiger partial charge >= 0.3 is 12.0 Å². The molecule has 2 fully saturated rings. The molecule has 0 bridgehead atoms. The average Bonchev–Trinajstić information content (AvgIpc) is 2.56. The second-order valence-electron chi connectivity index (χ2n) is 6.99. The molecule has 1 aliphatic carbocycles. The Balaban J connectivity index is 1.93. The number of carboxylic acid groups (broad SMARTS) is 1. The summed E-state index contributed by atoms with van der Waals surface area (Å²) in [5.41, 5.74) is -0.819. The van der Waals surface area contributed by atoms with Crippen molar-refractivity contribution >= 4 is 12.0 Å². The molecule has 0 radical (unpaired) electrons. The molecule has 1 atom stereocenters. The third-order valence-corrected chi connectivity index (χ3v) is 5.25. The van der Waals surface area contributed by atoms with Crippen molar-refractivity contribution in [1.29, 1.82) is 0 Å². The Morgan fingerprint density at radius 1 is 1.26 bits per heavy atom. The van der Waals surface area contributed by atoms with E-state index in [4.69, 9.17) is 4.74 Å². The zero-order valence-electron chi connectivity index (χ0n) is 14.2. The van der Waals surface area contributed by atoms with Gasteiger partial charge in [0.2, 0.25) is 0 Å². The van der Waals surface area contributed by atoms with Crippen LogP contribution < -0.4 is 5.32 Å². The monoisotopic (exact) mass is 326 g/mol. The van der Waals surface area contributed by atoms with Crippen molar-refractivity contribution < 1.29 is 19.4 Å². The number of likely N-dealkylation sites (tertiary alicyclic amines) is 1. The first-order valence-electron chi connectivity index (χ1n) is 8.85. The minimum Gasteiger partial charge on any atom is -0.481 e. The van der Waals surface area contributed by atoms with Crippen LogP contribution in [0.5, 0.6) is 0 Å². The number of ether oxygens (including phenoxy) is 1. The maximum atomic E-state index is 12.5. The number of nitrogens with zero attached hydrogens (tertiary/aromatic N) is 1. The first kappa shape index (κ1) is 18.0. The Labute approximate surface area is 138 Å². The van der Waals surface area contributed by atoms with E-state index in [9.17, 15) is 14.7 Å². The number of nitrogens with one attached hydrogen (secondary N) is 1. The number of carbonyl (C=O) groups excluding carboxylic acids is 1. The third kappa shape index (κ3) is 4.83. The highest BCUT2D eigenvalue weighted by Gasteiger charge is 2.43. The molecule has 1 aliphatic heterocycles. The number of rotatable bonds is 6. The largest absolute Gasteiger partial charge is 0.481 e. The van der Waals surface area contributed by atoms with E-state index in [1.54, 1.807) is 12.0 Å². The summed E-state index contributed by atoms with van der Waals surface area (Å²) in [5, 5.41) is 12.8. The predicted molar refractivity (Wildman–Crippen MR) is 87.4 cm³/mol. The van der Waals surface area contributed by atoms with Gasteiger partial charge in [-0.1, -0.05) is 19.3 Å². The van der Waals surface area contributed by atoms with Crippen LogP contribution >= 0.6 is 0 Å². The molecule has 6 nitrogen and oxygen atoms in total. The Bertz CT molecular complexity index is 409. The molecule has 0 aromatic carbocycles. The van der Waals surface area contributed by atoms with Crippen molar-refractivity contribution in [2.24, 2.45) is 5.41 Å². The van der Waals surface area contributed by atoms with Crippen LogP contribution in [-0.4, -0.2) is 54.9 Å². The van der Waals surface area contributed by atoms with Gasteiger partial charge in [0.25, 0.3) is 0 Å². The van der Waals surface area contributed by atoms with E-state index in [-0.39, 0.29) is 12.1 Å². The minimum absolute atomic E-state index is 0.0889. The van der Waals surface area contributed by atoms with E-state index < -0.39 is 11.4 Å². The SMILES string of the molecule is COCCC[C@]1(C(=O)O)CCCN(C(=O)NC2CCCCC2)C1. The van der Waals surface area contributed by atoms with Gasteiger partial charge in [0.1, 0.15) is 0 Å². The van der Waals surface area contributed by atoms with Crippen LogP contribution in [0.1, 0.15) is 57.8 Å². The molecule has 6 heteroatoms. The number of carboxylic acids is 1. The van der Waals surface area contributed by atoms with E-state index in [1.165, 1.54) is 19.3 Å². The van der Waals surface area contributed by atoms with Crippen LogP contribution in [0.2, 0.25) is 0 Å². The lowest BCUT2D eigenvalue weighted by Crippen LogP contribution is -2.54. The van der Waals surface area contributed by atoms with E-state index in [1.807, 2.05) is 0 Å². The summed E-state index contributed by atoms with van der Waals surface area (Å²) in [6, 6.07) is 0.167. The van der Waals surface area contributed by atoms with Gasteiger partial charge in [-0.2, -0.15) is 0 Å². The van der Waals surface area contributed by atoms with Crippen LogP contribution in [0, 0.1) is 5.41 Å². The van der Waals surface area contributed by atoms with E-state index >= 15 is 0 Å². The van der Waals surface area contributed by atoms with Gasteiger partial charge in [-0.05, 0) is 38.5 Å². The van der Waals surface area contributed by atoms with Gasteiger partial charge < -0.3 is 20.1 Å². The van der Waals surface area contributed by atoms with Crippen molar-refractivity contribution in [3.05, 3.63) is 0 Å². The second kappa shape index (κ2) is 8.52. The van der Waals surface area contributed by atoms with Crippen LogP contribution in [-0.2, 0) is 9.53 Å². The number of piperidine rings is 1. The first-order chi connectivity index (χ1) is 11.1. The standard InChI is InChI=1S/C17H30N2O4/c1-23-12-6-10-17(15(20)21)9-5-11-19(13-17)16(22)18-14-7-3-2-4-8-14/h14H,2-13H2,1H3,(H,18,22)(H,20,21)/t17-/m1/s1. The van der Waals surface area contributed by atoms with Gasteiger partial charge in [-0.15, -0.1) is 0 Å². The van der Waals surface area contributed by atoms with Crippen LogP contribution in [0.4, 0.5) is 4.79 Å². The fourth-order valence-corrected chi connectivity index (χ4v) is 3.86. The molecule has 23 heavy (non-hydrogen) atoms. The normalized spacial score (nSPS) is 26.0. The number of amides is 2. The van der Waals surface area contributed by atoms with Crippen molar-refractivity contribution in [3.63, 3.8) is 0 Å². The molecule has 0 spiro atoms. The maximum Gasteiger partial charge on any atom is 0.317 e. The molecule has 2 amide bonds. The molecule has 1 heterocycles. The van der Waals surface area contributed by atoms with Crippen LogP contribution in [0.3, 0.4) is 0 Å². The molecule has 2 aliphatic rings. The molecular weight excluding hydrogens is 296 g/mol. The fourth-order valence-electron chi connectivity index (χ4n) is 3.86. The quantitative estimate of drug-likeness (QED) is 0.736. The van der Waals surface area contributed by atoms with E-state index in [0.717, 1.165) is 19.3 Å².